The van der Waals surface area contributed by atoms with Gasteiger partial charge < -0.3 is 14.2 Å². The van der Waals surface area contributed by atoms with E-state index >= 15 is 0 Å². The summed E-state index contributed by atoms with van der Waals surface area (Å²) in [6.07, 6.45) is -1.64. The molecule has 0 fully saturated rings. The number of benzene rings is 1. The van der Waals surface area contributed by atoms with Crippen molar-refractivity contribution in [1.29, 1.82) is 0 Å². The zero-order valence-electron chi connectivity index (χ0n) is 9.80. The topological polar surface area (TPSA) is 65.1 Å². The number of hydrogen-bond donors (Lipinski definition) is 0. The number of carbonyl (C=O) groups is 2. The summed E-state index contributed by atoms with van der Waals surface area (Å²) in [5.41, 5.74) is 0.338. The van der Waals surface area contributed by atoms with E-state index in [1.807, 2.05) is 0 Å². The number of carbonyl (C=O) groups excluding carboxylic acids is 2. The predicted molar refractivity (Wildman–Crippen MR) is 60.3 cm³/mol. The van der Waals surface area contributed by atoms with E-state index in [-0.39, 0.29) is 0 Å². The van der Waals surface area contributed by atoms with E-state index < -0.39 is 12.2 Å². The quantitative estimate of drug-likeness (QED) is 0.790. The highest BCUT2D eigenvalue weighted by molar-refractivity contribution is 6.09. The third-order valence-electron chi connectivity index (χ3n) is 2.05. The molecule has 0 saturated heterocycles. The molecule has 0 bridgehead atoms. The number of amides is 2. The Balaban J connectivity index is 3.04. The van der Waals surface area contributed by atoms with Crippen LogP contribution in [0.25, 0.3) is 0 Å². The van der Waals surface area contributed by atoms with Crippen molar-refractivity contribution >= 4 is 17.9 Å². The van der Waals surface area contributed by atoms with Crippen molar-refractivity contribution < 1.29 is 23.8 Å². The molecule has 6 nitrogen and oxygen atoms in total. The Bertz CT molecular complexity index is 385. The summed E-state index contributed by atoms with van der Waals surface area (Å²) in [6.45, 7) is 0. The average Bonchev–Trinajstić information content (AvgIpc) is 2.39. The van der Waals surface area contributed by atoms with Gasteiger partial charge in [0.2, 0.25) is 0 Å². The lowest BCUT2D eigenvalue weighted by Gasteiger charge is -2.17. The van der Waals surface area contributed by atoms with E-state index in [0.717, 1.165) is 4.90 Å². The van der Waals surface area contributed by atoms with Gasteiger partial charge in [0, 0.05) is 0 Å². The van der Waals surface area contributed by atoms with Gasteiger partial charge in [0.25, 0.3) is 0 Å². The smallest absolute Gasteiger partial charge is 0.423 e. The van der Waals surface area contributed by atoms with Crippen molar-refractivity contribution in [2.24, 2.45) is 0 Å². The Morgan fingerprint density at radius 3 is 1.76 bits per heavy atom. The lowest BCUT2D eigenvalue weighted by Crippen LogP contribution is -2.36. The van der Waals surface area contributed by atoms with E-state index in [4.69, 9.17) is 4.74 Å². The molecular weight excluding hydrogens is 226 g/mol. The third-order valence-corrected chi connectivity index (χ3v) is 2.05. The van der Waals surface area contributed by atoms with Crippen molar-refractivity contribution in [2.45, 2.75) is 0 Å². The van der Waals surface area contributed by atoms with Crippen molar-refractivity contribution in [3.8, 4) is 5.75 Å². The highest BCUT2D eigenvalue weighted by Gasteiger charge is 2.24. The second kappa shape index (κ2) is 5.74. The minimum absolute atomic E-state index is 0.338. The molecule has 0 heterocycles. The van der Waals surface area contributed by atoms with Gasteiger partial charge in [0.05, 0.1) is 27.0 Å². The van der Waals surface area contributed by atoms with E-state index in [0.29, 0.717) is 11.4 Å². The van der Waals surface area contributed by atoms with Crippen LogP contribution in [0.15, 0.2) is 24.3 Å². The zero-order valence-corrected chi connectivity index (χ0v) is 9.80. The number of methoxy groups -OCH3 is 3. The number of anilines is 1. The molecule has 2 amide bonds. The Morgan fingerprint density at radius 1 is 0.941 bits per heavy atom. The summed E-state index contributed by atoms with van der Waals surface area (Å²) in [5.74, 6) is 0.614. The number of imide groups is 1. The maximum atomic E-state index is 11.4. The van der Waals surface area contributed by atoms with Crippen molar-refractivity contribution in [3.63, 3.8) is 0 Å². The molecule has 1 aromatic carbocycles. The molecule has 0 aromatic heterocycles. The van der Waals surface area contributed by atoms with Crippen LogP contribution in [0.3, 0.4) is 0 Å². The normalized spacial score (nSPS) is 9.35. The van der Waals surface area contributed by atoms with Gasteiger partial charge in [-0.05, 0) is 24.3 Å². The SMILES string of the molecule is COC(=O)N(C(=O)OC)c1ccc(OC)cc1. The van der Waals surface area contributed by atoms with Crippen LogP contribution in [0, 0.1) is 0 Å². The van der Waals surface area contributed by atoms with E-state index in [9.17, 15) is 9.59 Å². The van der Waals surface area contributed by atoms with E-state index in [1.165, 1.54) is 21.3 Å². The molecule has 0 aliphatic carbocycles. The Morgan fingerprint density at radius 2 is 1.41 bits per heavy atom. The first-order valence-electron chi connectivity index (χ1n) is 4.74. The standard InChI is InChI=1S/C11H13NO5/c1-15-9-6-4-8(5-7-9)12(10(13)16-2)11(14)17-3/h4-7H,1-3H3. The molecular formula is C11H13NO5. The van der Waals surface area contributed by atoms with Crippen molar-refractivity contribution in [1.82, 2.24) is 0 Å². The van der Waals surface area contributed by atoms with Crippen LogP contribution in [-0.2, 0) is 9.47 Å². The number of ether oxygens (including phenoxy) is 3. The Hall–Kier alpha value is -2.24. The monoisotopic (exact) mass is 239 g/mol. The summed E-state index contributed by atoms with van der Waals surface area (Å²) >= 11 is 0. The fourth-order valence-electron chi connectivity index (χ4n) is 1.20. The van der Waals surface area contributed by atoms with Crippen LogP contribution in [0.5, 0.6) is 5.75 Å². The lowest BCUT2D eigenvalue weighted by atomic mass is 10.3. The van der Waals surface area contributed by atoms with Crippen LogP contribution in [0.2, 0.25) is 0 Å². The predicted octanol–water partition coefficient (Wildman–Crippen LogP) is 2.03. The minimum atomic E-state index is -0.818. The maximum absolute atomic E-state index is 11.4. The molecule has 0 saturated carbocycles. The molecule has 0 atom stereocenters. The summed E-state index contributed by atoms with van der Waals surface area (Å²) < 4.78 is 14.0. The van der Waals surface area contributed by atoms with Crippen LogP contribution < -0.4 is 9.64 Å². The highest BCUT2D eigenvalue weighted by Crippen LogP contribution is 2.20. The summed E-state index contributed by atoms with van der Waals surface area (Å²) in [5, 5.41) is 0. The summed E-state index contributed by atoms with van der Waals surface area (Å²) in [4.78, 5) is 23.7. The molecule has 0 N–H and O–H groups in total. The minimum Gasteiger partial charge on any atom is -0.497 e. The fourth-order valence-corrected chi connectivity index (χ4v) is 1.20. The van der Waals surface area contributed by atoms with Crippen molar-refractivity contribution in [2.75, 3.05) is 26.2 Å². The first kappa shape index (κ1) is 12.8. The van der Waals surface area contributed by atoms with Gasteiger partial charge in [-0.25, -0.2) is 9.59 Å². The van der Waals surface area contributed by atoms with E-state index in [1.54, 1.807) is 24.3 Å². The van der Waals surface area contributed by atoms with Gasteiger partial charge in [-0.3, -0.25) is 0 Å². The molecule has 0 spiro atoms. The maximum Gasteiger partial charge on any atom is 0.423 e. The Kier molecular flexibility index (Phi) is 4.33. The second-order valence-corrected chi connectivity index (χ2v) is 2.97. The molecule has 6 heteroatoms. The van der Waals surface area contributed by atoms with Gasteiger partial charge in [0.1, 0.15) is 5.75 Å². The van der Waals surface area contributed by atoms with Crippen LogP contribution >= 0.6 is 0 Å². The molecule has 92 valence electrons. The van der Waals surface area contributed by atoms with Crippen molar-refractivity contribution in [3.05, 3.63) is 24.3 Å². The van der Waals surface area contributed by atoms with Crippen LogP contribution in [0.1, 0.15) is 0 Å². The molecule has 0 aliphatic heterocycles. The zero-order chi connectivity index (χ0) is 12.8. The van der Waals surface area contributed by atoms with Gasteiger partial charge >= 0.3 is 12.2 Å². The summed E-state index contributed by atoms with van der Waals surface area (Å²) in [7, 11) is 3.89. The number of nitrogens with zero attached hydrogens (tertiary/aromatic N) is 1. The van der Waals surface area contributed by atoms with Gasteiger partial charge in [0.15, 0.2) is 0 Å². The van der Waals surface area contributed by atoms with Gasteiger partial charge in [-0.2, -0.15) is 4.90 Å². The number of rotatable bonds is 2. The number of hydrogen-bond acceptors (Lipinski definition) is 5. The van der Waals surface area contributed by atoms with E-state index in [2.05, 4.69) is 9.47 Å². The fraction of sp³-hybridized carbons (Fsp3) is 0.273. The van der Waals surface area contributed by atoms with Crippen LogP contribution in [-0.4, -0.2) is 33.5 Å². The van der Waals surface area contributed by atoms with Gasteiger partial charge in [-0.1, -0.05) is 0 Å². The third kappa shape index (κ3) is 2.87. The molecule has 0 unspecified atom stereocenters. The highest BCUT2D eigenvalue weighted by atomic mass is 16.6. The molecule has 0 radical (unpaired) electrons. The molecule has 1 aromatic rings. The van der Waals surface area contributed by atoms with Crippen LogP contribution in [0.4, 0.5) is 15.3 Å². The first-order valence-corrected chi connectivity index (χ1v) is 4.74. The summed E-state index contributed by atoms with van der Waals surface area (Å²) in [6, 6.07) is 6.34. The molecule has 17 heavy (non-hydrogen) atoms. The lowest BCUT2D eigenvalue weighted by molar-refractivity contribution is 0.159. The molecule has 1 rings (SSSR count). The molecule has 0 aliphatic rings. The second-order valence-electron chi connectivity index (χ2n) is 2.97. The average molecular weight is 239 g/mol. The Labute approximate surface area is 98.7 Å². The van der Waals surface area contributed by atoms with Gasteiger partial charge in [-0.15, -0.1) is 0 Å². The first-order chi connectivity index (χ1) is 8.13. The largest absolute Gasteiger partial charge is 0.497 e.